The van der Waals surface area contributed by atoms with Crippen molar-refractivity contribution in [2.24, 2.45) is 10.9 Å². The lowest BCUT2D eigenvalue weighted by atomic mass is 10.1. The summed E-state index contributed by atoms with van der Waals surface area (Å²) in [6.07, 6.45) is 0.874. The minimum Gasteiger partial charge on any atom is -0.496 e. The highest BCUT2D eigenvalue weighted by Gasteiger charge is 2.08. The van der Waals surface area contributed by atoms with Crippen molar-refractivity contribution in [1.82, 2.24) is 5.32 Å². The number of nitrogens with two attached hydrogens (primary N) is 1. The second-order valence-electron chi connectivity index (χ2n) is 4.39. The van der Waals surface area contributed by atoms with E-state index in [1.165, 1.54) is 0 Å². The largest absolute Gasteiger partial charge is 0.496 e. The number of hydrogen-bond donors (Lipinski definition) is 4. The number of methoxy groups -OCH3 is 1. The molecule has 1 aromatic carbocycles. The summed E-state index contributed by atoms with van der Waals surface area (Å²) in [5.74, 6) is 0.586. The zero-order chi connectivity index (χ0) is 15.5. The fraction of sp³-hybridized carbons (Fsp3) is 0.500. The van der Waals surface area contributed by atoms with E-state index in [1.54, 1.807) is 13.2 Å². The van der Waals surface area contributed by atoms with E-state index < -0.39 is 0 Å². The molecule has 0 aliphatic carbocycles. The summed E-state index contributed by atoms with van der Waals surface area (Å²) < 4.78 is 10.4. The summed E-state index contributed by atoms with van der Waals surface area (Å²) in [4.78, 5) is 0. The van der Waals surface area contributed by atoms with Gasteiger partial charge in [-0.2, -0.15) is 0 Å². The lowest BCUT2D eigenvalue weighted by Gasteiger charge is -2.10. The van der Waals surface area contributed by atoms with Gasteiger partial charge in [0.2, 0.25) is 0 Å². The van der Waals surface area contributed by atoms with Crippen LogP contribution in [0.3, 0.4) is 0 Å². The Bertz CT molecular complexity index is 452. The van der Waals surface area contributed by atoms with Crippen LogP contribution in [0.1, 0.15) is 17.5 Å². The summed E-state index contributed by atoms with van der Waals surface area (Å²) in [5.41, 5.74) is 7.17. The summed E-state index contributed by atoms with van der Waals surface area (Å²) in [6, 6.07) is 5.50. The third kappa shape index (κ3) is 5.99. The van der Waals surface area contributed by atoms with Crippen LogP contribution < -0.4 is 15.8 Å². The van der Waals surface area contributed by atoms with Gasteiger partial charge in [-0.05, 0) is 30.7 Å². The van der Waals surface area contributed by atoms with Crippen molar-refractivity contribution in [3.8, 4) is 5.75 Å². The molecule has 0 saturated heterocycles. The number of rotatable bonds is 10. The maximum Gasteiger partial charge on any atom is 0.173 e. The first-order valence-corrected chi connectivity index (χ1v) is 6.77. The van der Waals surface area contributed by atoms with Gasteiger partial charge in [0.15, 0.2) is 5.84 Å². The van der Waals surface area contributed by atoms with Gasteiger partial charge in [0.25, 0.3) is 0 Å². The Balaban J connectivity index is 2.42. The molecule has 0 fully saturated rings. The molecular formula is C14H23N3O4. The van der Waals surface area contributed by atoms with Gasteiger partial charge in [-0.1, -0.05) is 11.2 Å². The van der Waals surface area contributed by atoms with E-state index in [9.17, 15) is 0 Å². The molecule has 0 atom stereocenters. The Morgan fingerprint density at radius 3 is 2.86 bits per heavy atom. The number of ether oxygens (including phenoxy) is 2. The van der Waals surface area contributed by atoms with Crippen molar-refractivity contribution < 1.29 is 19.8 Å². The maximum absolute atomic E-state index is 8.71. The van der Waals surface area contributed by atoms with Crippen molar-refractivity contribution in [3.63, 3.8) is 0 Å². The Kier molecular flexibility index (Phi) is 8.18. The molecule has 0 heterocycles. The normalized spacial score (nSPS) is 11.6. The zero-order valence-corrected chi connectivity index (χ0v) is 12.2. The molecule has 0 unspecified atom stereocenters. The summed E-state index contributed by atoms with van der Waals surface area (Å²) in [5, 5.41) is 23.5. The van der Waals surface area contributed by atoms with Crippen molar-refractivity contribution in [1.29, 1.82) is 0 Å². The van der Waals surface area contributed by atoms with Crippen LogP contribution in [0, 0.1) is 0 Å². The molecule has 118 valence electrons. The molecule has 5 N–H and O–H groups in total. The number of aliphatic hydroxyl groups is 1. The van der Waals surface area contributed by atoms with Gasteiger partial charge in [-0.15, -0.1) is 0 Å². The number of nitrogens with zero attached hydrogens (tertiary/aromatic N) is 1. The van der Waals surface area contributed by atoms with E-state index in [-0.39, 0.29) is 12.4 Å². The Morgan fingerprint density at radius 2 is 2.19 bits per heavy atom. The lowest BCUT2D eigenvalue weighted by molar-refractivity contribution is 0.0907. The predicted octanol–water partition coefficient (Wildman–Crippen LogP) is 0.278. The van der Waals surface area contributed by atoms with Crippen molar-refractivity contribution in [3.05, 3.63) is 29.3 Å². The zero-order valence-electron chi connectivity index (χ0n) is 12.2. The highest BCUT2D eigenvalue weighted by Crippen LogP contribution is 2.20. The highest BCUT2D eigenvalue weighted by atomic mass is 16.5. The van der Waals surface area contributed by atoms with Gasteiger partial charge in [0, 0.05) is 13.2 Å². The molecule has 0 amide bonds. The Hall–Kier alpha value is -1.83. The number of benzene rings is 1. The molecule has 0 aromatic heterocycles. The molecule has 0 spiro atoms. The number of hydrogen-bond acceptors (Lipinski definition) is 6. The molecule has 1 rings (SSSR count). The van der Waals surface area contributed by atoms with E-state index >= 15 is 0 Å². The topological polar surface area (TPSA) is 109 Å². The second-order valence-corrected chi connectivity index (χ2v) is 4.39. The van der Waals surface area contributed by atoms with Gasteiger partial charge in [0.05, 0.1) is 25.9 Å². The van der Waals surface area contributed by atoms with Crippen LogP contribution in [-0.4, -0.2) is 49.6 Å². The van der Waals surface area contributed by atoms with E-state index in [2.05, 4.69) is 10.5 Å². The van der Waals surface area contributed by atoms with E-state index in [0.717, 1.165) is 18.5 Å². The lowest BCUT2D eigenvalue weighted by Crippen LogP contribution is -2.18. The maximum atomic E-state index is 8.71. The van der Waals surface area contributed by atoms with Gasteiger partial charge in [-0.25, -0.2) is 0 Å². The van der Waals surface area contributed by atoms with Crippen molar-refractivity contribution >= 4 is 5.84 Å². The standard InChI is InChI=1S/C14H23N3O4/c1-20-13-9-11(3-4-12(13)14(15)17-19)10-16-5-2-7-21-8-6-18/h3-4,9,16,18-19H,2,5-8,10H2,1H3,(H2,15,17). The molecule has 7 heteroatoms. The van der Waals surface area contributed by atoms with Crippen LogP contribution in [0.25, 0.3) is 0 Å². The first kappa shape index (κ1) is 17.2. The molecule has 0 radical (unpaired) electrons. The van der Waals surface area contributed by atoms with E-state index in [1.807, 2.05) is 12.1 Å². The van der Waals surface area contributed by atoms with Gasteiger partial charge in [-0.3, -0.25) is 0 Å². The average Bonchev–Trinajstić information content (AvgIpc) is 2.53. The SMILES string of the molecule is COc1cc(CNCCCOCCO)ccc1/C(N)=N/O. The molecule has 7 nitrogen and oxygen atoms in total. The Labute approximate surface area is 124 Å². The highest BCUT2D eigenvalue weighted by molar-refractivity contribution is 5.99. The monoisotopic (exact) mass is 297 g/mol. The van der Waals surface area contributed by atoms with Crippen LogP contribution in [0.5, 0.6) is 5.75 Å². The second kappa shape index (κ2) is 9.98. The summed E-state index contributed by atoms with van der Waals surface area (Å²) in [7, 11) is 1.54. The molecule has 21 heavy (non-hydrogen) atoms. The summed E-state index contributed by atoms with van der Waals surface area (Å²) in [6.45, 7) is 2.56. The first-order valence-electron chi connectivity index (χ1n) is 6.77. The van der Waals surface area contributed by atoms with Crippen LogP contribution >= 0.6 is 0 Å². The fourth-order valence-corrected chi connectivity index (χ4v) is 1.81. The van der Waals surface area contributed by atoms with Crippen LogP contribution in [0.15, 0.2) is 23.4 Å². The number of nitrogens with one attached hydrogen (secondary N) is 1. The first-order chi connectivity index (χ1) is 10.2. The minimum absolute atomic E-state index is 0.0207. The quantitative estimate of drug-likeness (QED) is 0.162. The van der Waals surface area contributed by atoms with Crippen molar-refractivity contribution in [2.45, 2.75) is 13.0 Å². The Morgan fingerprint density at radius 1 is 1.38 bits per heavy atom. The summed E-state index contributed by atoms with van der Waals surface area (Å²) >= 11 is 0. The molecule has 0 aliphatic rings. The smallest absolute Gasteiger partial charge is 0.173 e. The van der Waals surface area contributed by atoms with E-state index in [4.69, 9.17) is 25.5 Å². The molecule has 0 bridgehead atoms. The predicted molar refractivity (Wildman–Crippen MR) is 79.7 cm³/mol. The molecular weight excluding hydrogens is 274 g/mol. The minimum atomic E-state index is 0.0207. The third-order valence-electron chi connectivity index (χ3n) is 2.86. The molecule has 0 saturated carbocycles. The van der Waals surface area contributed by atoms with Crippen LogP contribution in [0.4, 0.5) is 0 Å². The van der Waals surface area contributed by atoms with E-state index in [0.29, 0.717) is 31.1 Å². The van der Waals surface area contributed by atoms with Gasteiger partial charge >= 0.3 is 0 Å². The molecule has 0 aliphatic heterocycles. The average molecular weight is 297 g/mol. The van der Waals surface area contributed by atoms with Crippen LogP contribution in [-0.2, 0) is 11.3 Å². The molecule has 1 aromatic rings. The number of aliphatic hydroxyl groups excluding tert-OH is 1. The number of amidine groups is 1. The van der Waals surface area contributed by atoms with Crippen molar-refractivity contribution in [2.75, 3.05) is 33.5 Å². The fourth-order valence-electron chi connectivity index (χ4n) is 1.81. The van der Waals surface area contributed by atoms with Gasteiger partial charge in [0.1, 0.15) is 5.75 Å². The number of oxime groups is 1. The van der Waals surface area contributed by atoms with Crippen LogP contribution in [0.2, 0.25) is 0 Å². The third-order valence-corrected chi connectivity index (χ3v) is 2.86. The van der Waals surface area contributed by atoms with Gasteiger partial charge < -0.3 is 30.8 Å².